The van der Waals surface area contributed by atoms with Gasteiger partial charge in [0.25, 0.3) is 5.69 Å². The highest BCUT2D eigenvalue weighted by Gasteiger charge is 2.28. The number of amides is 1. The van der Waals surface area contributed by atoms with E-state index in [-0.39, 0.29) is 22.6 Å². The third-order valence-electron chi connectivity index (χ3n) is 4.53. The van der Waals surface area contributed by atoms with Gasteiger partial charge in [0.1, 0.15) is 5.69 Å². The summed E-state index contributed by atoms with van der Waals surface area (Å²) in [7, 11) is 0. The number of nitro groups is 1. The van der Waals surface area contributed by atoms with E-state index in [1.165, 1.54) is 6.07 Å². The van der Waals surface area contributed by atoms with Crippen LogP contribution in [0.3, 0.4) is 0 Å². The molecule has 1 atom stereocenters. The van der Waals surface area contributed by atoms with Crippen LogP contribution in [0.4, 0.5) is 17.3 Å². The topological polar surface area (TPSA) is 105 Å². The minimum absolute atomic E-state index is 0.104. The first-order valence-electron chi connectivity index (χ1n) is 8.42. The second-order valence-electron chi connectivity index (χ2n) is 6.27. The third-order valence-corrected chi connectivity index (χ3v) is 4.53. The molecule has 1 aliphatic heterocycles. The number of aromatic nitrogens is 1. The molecule has 0 bridgehead atoms. The minimum atomic E-state index is -0.364. The molecule has 2 heterocycles. The number of carbonyl (C=O) groups is 1. The Morgan fingerprint density at radius 3 is 2.62 bits per heavy atom. The van der Waals surface area contributed by atoms with E-state index >= 15 is 0 Å². The number of piperazine rings is 1. The summed E-state index contributed by atoms with van der Waals surface area (Å²) in [6.07, 6.45) is 0. The van der Waals surface area contributed by atoms with E-state index in [2.05, 4.69) is 10.5 Å². The van der Waals surface area contributed by atoms with Crippen LogP contribution in [0.25, 0.3) is 0 Å². The Balaban J connectivity index is 1.59. The summed E-state index contributed by atoms with van der Waals surface area (Å²) in [6.45, 7) is 6.11. The molecule has 9 nitrogen and oxygen atoms in total. The fourth-order valence-corrected chi connectivity index (χ4v) is 3.05. The molecule has 1 aromatic heterocycles. The van der Waals surface area contributed by atoms with Gasteiger partial charge in [-0.2, -0.15) is 0 Å². The summed E-state index contributed by atoms with van der Waals surface area (Å²) in [4.78, 5) is 27.2. The van der Waals surface area contributed by atoms with E-state index in [1.54, 1.807) is 31.2 Å². The van der Waals surface area contributed by atoms with Crippen molar-refractivity contribution in [2.24, 2.45) is 0 Å². The maximum absolute atomic E-state index is 12.4. The maximum Gasteiger partial charge on any atom is 0.292 e. The van der Waals surface area contributed by atoms with Gasteiger partial charge >= 0.3 is 0 Å². The molecule has 0 radical (unpaired) electrons. The molecule has 0 spiro atoms. The Hall–Kier alpha value is -2.94. The molecule has 3 rings (SSSR count). The second kappa shape index (κ2) is 7.52. The Morgan fingerprint density at radius 1 is 1.31 bits per heavy atom. The number of carbonyl (C=O) groups excluding carboxylic acids is 1. The van der Waals surface area contributed by atoms with Crippen molar-refractivity contribution in [1.82, 2.24) is 10.1 Å². The standard InChI is InChI=1S/C17H21N5O4/c1-12-11-16(26-19-12)18-17(23)13(2)20-7-9-21(10-8-20)14-5-3-4-6-15(14)22(24)25/h3-6,11,13H,7-10H2,1-2H3,(H,18,23)/t13-/m1/s1. The van der Waals surface area contributed by atoms with Crippen molar-refractivity contribution in [2.45, 2.75) is 19.9 Å². The number of nitro benzene ring substituents is 1. The predicted molar refractivity (Wildman–Crippen MR) is 96.2 cm³/mol. The first kappa shape index (κ1) is 17.9. The van der Waals surface area contributed by atoms with Crippen molar-refractivity contribution < 1.29 is 14.2 Å². The first-order chi connectivity index (χ1) is 12.5. The number of benzene rings is 1. The van der Waals surface area contributed by atoms with Crippen LogP contribution in [-0.4, -0.2) is 53.1 Å². The van der Waals surface area contributed by atoms with Crippen molar-refractivity contribution in [3.8, 4) is 0 Å². The van der Waals surface area contributed by atoms with Crippen molar-refractivity contribution >= 4 is 23.2 Å². The van der Waals surface area contributed by atoms with Gasteiger partial charge in [-0.25, -0.2) is 0 Å². The third kappa shape index (κ3) is 3.83. The predicted octanol–water partition coefficient (Wildman–Crippen LogP) is 2.04. The van der Waals surface area contributed by atoms with E-state index in [9.17, 15) is 14.9 Å². The number of hydrogen-bond donors (Lipinski definition) is 1. The number of nitrogens with zero attached hydrogens (tertiary/aromatic N) is 4. The molecule has 1 fully saturated rings. The molecule has 1 amide bonds. The molecule has 1 N–H and O–H groups in total. The van der Waals surface area contributed by atoms with Gasteiger partial charge < -0.3 is 9.42 Å². The van der Waals surface area contributed by atoms with Gasteiger partial charge in [0.2, 0.25) is 11.8 Å². The van der Waals surface area contributed by atoms with Crippen LogP contribution < -0.4 is 10.2 Å². The average Bonchev–Trinajstić information content (AvgIpc) is 3.06. The van der Waals surface area contributed by atoms with E-state index in [0.29, 0.717) is 43.4 Å². The quantitative estimate of drug-likeness (QED) is 0.643. The summed E-state index contributed by atoms with van der Waals surface area (Å²) in [5.74, 6) is 0.165. The van der Waals surface area contributed by atoms with Crippen molar-refractivity contribution in [1.29, 1.82) is 0 Å². The first-order valence-corrected chi connectivity index (χ1v) is 8.42. The zero-order chi connectivity index (χ0) is 18.7. The van der Waals surface area contributed by atoms with Crippen LogP contribution in [-0.2, 0) is 4.79 Å². The lowest BCUT2D eigenvalue weighted by Gasteiger charge is -2.38. The molecule has 0 saturated carbocycles. The SMILES string of the molecule is Cc1cc(NC(=O)[C@@H](C)N2CCN(c3ccccc3[N+](=O)[O-])CC2)on1. The molecule has 1 saturated heterocycles. The lowest BCUT2D eigenvalue weighted by molar-refractivity contribution is -0.384. The summed E-state index contributed by atoms with van der Waals surface area (Å²) in [6, 6.07) is 8.05. The maximum atomic E-state index is 12.4. The number of nitrogens with one attached hydrogen (secondary N) is 1. The van der Waals surface area contributed by atoms with Gasteiger partial charge in [0, 0.05) is 38.3 Å². The summed E-state index contributed by atoms with van der Waals surface area (Å²) in [5, 5.41) is 17.7. The van der Waals surface area contributed by atoms with E-state index in [1.807, 2.05) is 16.7 Å². The Kier molecular flexibility index (Phi) is 5.17. The smallest absolute Gasteiger partial charge is 0.292 e. The Morgan fingerprint density at radius 2 is 2.00 bits per heavy atom. The minimum Gasteiger partial charge on any atom is -0.363 e. The second-order valence-corrected chi connectivity index (χ2v) is 6.27. The van der Waals surface area contributed by atoms with Gasteiger partial charge in [0.15, 0.2) is 0 Å². The highest BCUT2D eigenvalue weighted by atomic mass is 16.6. The summed E-state index contributed by atoms with van der Waals surface area (Å²) in [5.41, 5.74) is 1.42. The number of para-hydroxylation sites is 2. The van der Waals surface area contributed by atoms with Gasteiger partial charge in [0.05, 0.1) is 16.7 Å². The Labute approximate surface area is 150 Å². The molecule has 2 aromatic rings. The number of aryl methyl sites for hydroxylation is 1. The Bertz CT molecular complexity index is 798. The number of hydrogen-bond acceptors (Lipinski definition) is 7. The molecule has 0 unspecified atom stereocenters. The van der Waals surface area contributed by atoms with Crippen molar-refractivity contribution in [2.75, 3.05) is 36.4 Å². The van der Waals surface area contributed by atoms with Crippen molar-refractivity contribution in [3.63, 3.8) is 0 Å². The van der Waals surface area contributed by atoms with Gasteiger partial charge in [-0.05, 0) is 19.9 Å². The average molecular weight is 359 g/mol. The zero-order valence-corrected chi connectivity index (χ0v) is 14.7. The molecular formula is C17H21N5O4. The van der Waals surface area contributed by atoms with Crippen molar-refractivity contribution in [3.05, 3.63) is 46.1 Å². The molecule has 1 aromatic carbocycles. The lowest BCUT2D eigenvalue weighted by atomic mass is 10.2. The van der Waals surface area contributed by atoms with Crippen LogP contribution in [0.1, 0.15) is 12.6 Å². The van der Waals surface area contributed by atoms with Crippen LogP contribution in [0.2, 0.25) is 0 Å². The lowest BCUT2D eigenvalue weighted by Crippen LogP contribution is -2.52. The fraction of sp³-hybridized carbons (Fsp3) is 0.412. The number of anilines is 2. The zero-order valence-electron chi connectivity index (χ0n) is 14.7. The molecule has 9 heteroatoms. The largest absolute Gasteiger partial charge is 0.363 e. The summed E-state index contributed by atoms with van der Waals surface area (Å²) < 4.78 is 5.01. The van der Waals surface area contributed by atoms with E-state index in [0.717, 1.165) is 0 Å². The highest BCUT2D eigenvalue weighted by Crippen LogP contribution is 2.28. The molecule has 0 aliphatic carbocycles. The highest BCUT2D eigenvalue weighted by molar-refractivity contribution is 5.93. The number of rotatable bonds is 5. The van der Waals surface area contributed by atoms with Crippen LogP contribution >= 0.6 is 0 Å². The van der Waals surface area contributed by atoms with E-state index < -0.39 is 0 Å². The molecular weight excluding hydrogens is 338 g/mol. The monoisotopic (exact) mass is 359 g/mol. The van der Waals surface area contributed by atoms with Gasteiger partial charge in [-0.1, -0.05) is 17.3 Å². The summed E-state index contributed by atoms with van der Waals surface area (Å²) >= 11 is 0. The van der Waals surface area contributed by atoms with Crippen LogP contribution in [0.5, 0.6) is 0 Å². The molecule has 138 valence electrons. The molecule has 26 heavy (non-hydrogen) atoms. The van der Waals surface area contributed by atoms with Gasteiger partial charge in [-0.3, -0.25) is 25.1 Å². The fourth-order valence-electron chi connectivity index (χ4n) is 3.05. The normalized spacial score (nSPS) is 16.3. The van der Waals surface area contributed by atoms with E-state index in [4.69, 9.17) is 4.52 Å². The molecule has 1 aliphatic rings. The van der Waals surface area contributed by atoms with Crippen LogP contribution in [0, 0.1) is 17.0 Å². The van der Waals surface area contributed by atoms with Crippen LogP contribution in [0.15, 0.2) is 34.9 Å². The van der Waals surface area contributed by atoms with Gasteiger partial charge in [-0.15, -0.1) is 0 Å².